The molecule has 126 heavy (non-hydrogen) atoms. The van der Waals surface area contributed by atoms with Crippen LogP contribution in [0, 0.1) is 0 Å². The number of hydrogen-bond acceptors (Lipinski definition) is 10. The number of hydrogen-bond donors (Lipinski definition) is 0. The molecular formula is C116H70N6OS3. The Bertz CT molecular complexity index is 8260. The van der Waals surface area contributed by atoms with E-state index in [0.29, 0.717) is 34.9 Å². The number of benzene rings is 18. The fourth-order valence-electron chi connectivity index (χ4n) is 19.9. The van der Waals surface area contributed by atoms with Gasteiger partial charge in [-0.2, -0.15) is 0 Å². The first kappa shape index (κ1) is 73.2. The quantitative estimate of drug-likeness (QED) is 0.120. The summed E-state index contributed by atoms with van der Waals surface area (Å²) < 4.78 is 14.4. The van der Waals surface area contributed by atoms with Gasteiger partial charge in [0.25, 0.3) is 0 Å². The molecule has 26 rings (SSSR count). The van der Waals surface area contributed by atoms with Gasteiger partial charge in [0.1, 0.15) is 11.2 Å². The van der Waals surface area contributed by atoms with Crippen LogP contribution in [0.4, 0.5) is 0 Å². The summed E-state index contributed by atoms with van der Waals surface area (Å²) in [7, 11) is 0. The van der Waals surface area contributed by atoms with Crippen molar-refractivity contribution >= 4 is 116 Å². The van der Waals surface area contributed by atoms with E-state index in [1.807, 2.05) is 155 Å². The molecule has 588 valence electrons. The van der Waals surface area contributed by atoms with E-state index in [0.717, 1.165) is 66.4 Å². The van der Waals surface area contributed by atoms with Crippen LogP contribution in [0.1, 0.15) is 44.5 Å². The first-order valence-corrected chi connectivity index (χ1v) is 44.9. The fraction of sp³-hybridized carbons (Fsp3) is 0.0172. The van der Waals surface area contributed by atoms with Crippen molar-refractivity contribution in [2.45, 2.75) is 10.8 Å². The maximum Gasteiger partial charge on any atom is 0.164 e. The van der Waals surface area contributed by atoms with Gasteiger partial charge in [0.2, 0.25) is 0 Å². The minimum atomic E-state index is -0.494. The number of thiophene rings is 3. The zero-order valence-corrected chi connectivity index (χ0v) is 70.2. The summed E-state index contributed by atoms with van der Waals surface area (Å²) in [5, 5.41) is 9.78. The topological polar surface area (TPSA) is 90.5 Å². The van der Waals surface area contributed by atoms with Crippen molar-refractivity contribution in [1.82, 2.24) is 29.9 Å². The Morgan fingerprint density at radius 3 is 0.810 bits per heavy atom. The molecule has 6 heterocycles. The van der Waals surface area contributed by atoms with E-state index in [1.54, 1.807) is 0 Å². The molecule has 0 aliphatic heterocycles. The Kier molecular flexibility index (Phi) is 17.2. The lowest BCUT2D eigenvalue weighted by Crippen LogP contribution is -2.28. The maximum absolute atomic E-state index is 6.65. The van der Waals surface area contributed by atoms with Crippen LogP contribution in [0.5, 0.6) is 0 Å². The van der Waals surface area contributed by atoms with E-state index < -0.39 is 10.8 Å². The maximum atomic E-state index is 6.65. The van der Waals surface area contributed by atoms with Gasteiger partial charge < -0.3 is 4.42 Å². The molecule has 0 unspecified atom stereocenters. The second-order valence-corrected chi connectivity index (χ2v) is 35.8. The second kappa shape index (κ2) is 29.6. The molecule has 6 aromatic heterocycles. The zero-order valence-electron chi connectivity index (χ0n) is 67.7. The Morgan fingerprint density at radius 1 is 0.167 bits per heavy atom. The molecule has 0 atom stereocenters. The van der Waals surface area contributed by atoms with Crippen LogP contribution in [-0.4, -0.2) is 29.9 Å². The number of fused-ring (bicyclic) bond motifs is 18. The van der Waals surface area contributed by atoms with Crippen molar-refractivity contribution < 1.29 is 4.42 Å². The van der Waals surface area contributed by atoms with Crippen molar-refractivity contribution in [2.75, 3.05) is 0 Å². The number of rotatable bonds is 12. The average molecular weight is 1660 g/mol. The minimum Gasteiger partial charge on any atom is -0.456 e. The molecule has 0 saturated carbocycles. The van der Waals surface area contributed by atoms with Gasteiger partial charge in [0.05, 0.1) is 10.8 Å². The van der Waals surface area contributed by atoms with Crippen LogP contribution in [0.2, 0.25) is 0 Å². The highest BCUT2D eigenvalue weighted by Crippen LogP contribution is 2.59. The van der Waals surface area contributed by atoms with Gasteiger partial charge in [0, 0.05) is 105 Å². The molecule has 2 aliphatic carbocycles. The van der Waals surface area contributed by atoms with Crippen molar-refractivity contribution in [3.05, 3.63) is 469 Å². The Morgan fingerprint density at radius 2 is 0.421 bits per heavy atom. The smallest absolute Gasteiger partial charge is 0.164 e. The highest BCUT2D eigenvalue weighted by Gasteiger charge is 2.48. The standard InChI is InChI=1S/C58H35N3OS.C58H35N3S2/c1-3-13-37(14-4-1)55-59-56(38-15-5-2-6-16-38)61-57(60-55)40-26-31-46-45-30-25-39(33-51(45)62-52(46)34-40)36-23-27-41(28-24-36)58(49-20-10-7-17-43(49)44-18-8-11-21-50(44)58)42-29-32-54-48(35-42)47-19-9-12-22-53(47)63-54;1-3-13-37(14-4-1)55-59-56(38-15-5-2-6-16-38)61-57(60-55)40-26-31-53-47(34-40)46-33-39(25-30-52(46)63-53)36-23-27-41(28-24-36)58(49-20-10-7-17-43(49)44-18-8-11-21-50(44)58)42-29-32-54-48(35-42)45-19-9-12-22-51(45)62-54/h2*1-35H. The highest BCUT2D eigenvalue weighted by atomic mass is 32.1. The third kappa shape index (κ3) is 11.9. The summed E-state index contributed by atoms with van der Waals surface area (Å²) >= 11 is 5.56. The Labute approximate surface area is 737 Å². The Hall–Kier alpha value is -15.6. The number of nitrogens with zero attached hydrogens (tertiary/aromatic N) is 6. The lowest BCUT2D eigenvalue weighted by molar-refractivity contribution is 0.669. The van der Waals surface area contributed by atoms with E-state index in [-0.39, 0.29) is 0 Å². The van der Waals surface area contributed by atoms with Gasteiger partial charge >= 0.3 is 0 Å². The van der Waals surface area contributed by atoms with Gasteiger partial charge in [-0.15, -0.1) is 34.0 Å². The monoisotopic (exact) mass is 1660 g/mol. The predicted molar refractivity (Wildman–Crippen MR) is 524 cm³/mol. The number of furan rings is 1. The Balaban J connectivity index is 0.000000137. The first-order chi connectivity index (χ1) is 62.4. The van der Waals surface area contributed by atoms with E-state index in [9.17, 15) is 0 Å². The van der Waals surface area contributed by atoms with Gasteiger partial charge in [0.15, 0.2) is 34.9 Å². The highest BCUT2D eigenvalue weighted by molar-refractivity contribution is 7.26. The van der Waals surface area contributed by atoms with Crippen LogP contribution in [0.3, 0.4) is 0 Å². The molecule has 0 radical (unpaired) electrons. The molecule has 10 heteroatoms. The van der Waals surface area contributed by atoms with Crippen LogP contribution in [0.15, 0.2) is 429 Å². The van der Waals surface area contributed by atoms with E-state index in [2.05, 4.69) is 303 Å². The van der Waals surface area contributed by atoms with Crippen LogP contribution in [0.25, 0.3) is 195 Å². The van der Waals surface area contributed by atoms with Gasteiger partial charge in [-0.25, -0.2) is 29.9 Å². The van der Waals surface area contributed by atoms with Crippen molar-refractivity contribution in [2.24, 2.45) is 0 Å². The van der Waals surface area contributed by atoms with Gasteiger partial charge in [-0.3, -0.25) is 0 Å². The summed E-state index contributed by atoms with van der Waals surface area (Å²) in [5.74, 6) is 3.83. The molecule has 2 aliphatic rings. The average Bonchev–Trinajstić information content (AvgIpc) is 1.54. The van der Waals surface area contributed by atoms with Crippen LogP contribution in [-0.2, 0) is 10.8 Å². The molecular weight excluding hydrogens is 1590 g/mol. The minimum absolute atomic E-state index is 0.483. The van der Waals surface area contributed by atoms with E-state index >= 15 is 0 Å². The SMILES string of the molecule is c1ccc(-c2nc(-c3ccccc3)nc(-c3ccc4c(c3)oc3cc(-c5ccc(C6(c7ccc8sc9ccccc9c8c7)c7ccccc7-c7ccccc76)cc5)ccc34)n2)cc1.c1ccc(-c2nc(-c3ccccc3)nc(-c3ccc4sc5ccc(-c6ccc(C7(c8ccc9sc%10ccccc%10c9c8)c8ccccc8-c8ccccc87)cc6)cc5c4c3)n2)cc1. The van der Waals surface area contributed by atoms with Crippen LogP contribution >= 0.6 is 34.0 Å². The summed E-state index contributed by atoms with van der Waals surface area (Å²) in [4.78, 5) is 29.8. The lowest BCUT2D eigenvalue weighted by atomic mass is 9.67. The summed E-state index contributed by atoms with van der Waals surface area (Å²) in [6, 6.07) is 153. The molecule has 0 amide bonds. The molecule has 7 nitrogen and oxygen atoms in total. The molecule has 18 aromatic carbocycles. The van der Waals surface area contributed by atoms with Crippen molar-refractivity contribution in [3.63, 3.8) is 0 Å². The van der Waals surface area contributed by atoms with Crippen LogP contribution < -0.4 is 0 Å². The van der Waals surface area contributed by atoms with Crippen molar-refractivity contribution in [1.29, 1.82) is 0 Å². The molecule has 0 bridgehead atoms. The molecule has 0 saturated heterocycles. The van der Waals surface area contributed by atoms with Gasteiger partial charge in [-0.05, 0) is 180 Å². The zero-order chi connectivity index (χ0) is 83.0. The third-order valence-electron chi connectivity index (χ3n) is 25.7. The normalized spacial score (nSPS) is 12.9. The largest absolute Gasteiger partial charge is 0.456 e. The third-order valence-corrected chi connectivity index (χ3v) is 29.1. The molecule has 24 aromatic rings. The number of aromatic nitrogens is 6. The van der Waals surface area contributed by atoms with Crippen molar-refractivity contribution in [3.8, 4) is 113 Å². The summed E-state index contributed by atoms with van der Waals surface area (Å²) in [5.41, 5.74) is 26.3. The molecule has 0 spiro atoms. The van der Waals surface area contributed by atoms with E-state index in [1.165, 1.54) is 138 Å². The van der Waals surface area contributed by atoms with Gasteiger partial charge in [-0.1, -0.05) is 334 Å². The first-order valence-electron chi connectivity index (χ1n) is 42.5. The second-order valence-electron chi connectivity index (χ2n) is 32.6. The summed E-state index contributed by atoms with van der Waals surface area (Å²) in [6.45, 7) is 0. The lowest BCUT2D eigenvalue weighted by Gasteiger charge is -2.34. The predicted octanol–water partition coefficient (Wildman–Crippen LogP) is 30.8. The molecule has 0 N–H and O–H groups in total. The summed E-state index contributed by atoms with van der Waals surface area (Å²) in [6.07, 6.45) is 0. The molecule has 0 fully saturated rings. The van der Waals surface area contributed by atoms with E-state index in [4.69, 9.17) is 34.3 Å². The fourth-order valence-corrected chi connectivity index (χ4v) is 23.1.